The molecule has 0 saturated carbocycles. The van der Waals surface area contributed by atoms with Crippen LogP contribution in [0.3, 0.4) is 0 Å². The largest absolute Gasteiger partial charge is 0.338 e. The second kappa shape index (κ2) is 4.57. The molecule has 2 aromatic heterocycles. The third-order valence-corrected chi connectivity index (χ3v) is 3.70. The van der Waals surface area contributed by atoms with Crippen LogP contribution >= 0.6 is 11.6 Å². The van der Waals surface area contributed by atoms with Gasteiger partial charge in [-0.1, -0.05) is 0 Å². The molecular weight excluding hydrogens is 252 g/mol. The minimum atomic E-state index is 0.0153. The van der Waals surface area contributed by atoms with E-state index < -0.39 is 0 Å². The molecule has 5 nitrogen and oxygen atoms in total. The van der Waals surface area contributed by atoms with Gasteiger partial charge in [0.15, 0.2) is 0 Å². The quantitative estimate of drug-likeness (QED) is 0.735. The van der Waals surface area contributed by atoms with Gasteiger partial charge in [0.2, 0.25) is 0 Å². The summed E-state index contributed by atoms with van der Waals surface area (Å²) >= 11 is 6.04. The number of nitrogens with zero attached hydrogens (tertiary/aromatic N) is 4. The lowest BCUT2D eigenvalue weighted by molar-refractivity contribution is 0.0728. The van der Waals surface area contributed by atoms with Crippen LogP contribution in [0.1, 0.15) is 23.2 Å². The molecule has 3 heterocycles. The van der Waals surface area contributed by atoms with Crippen LogP contribution in [0, 0.1) is 0 Å². The zero-order valence-corrected chi connectivity index (χ0v) is 10.5. The Balaban J connectivity index is 1.88. The summed E-state index contributed by atoms with van der Waals surface area (Å²) in [5, 5.41) is 4.35. The maximum atomic E-state index is 12.4. The Kier molecular flexibility index (Phi) is 2.91. The smallest absolute Gasteiger partial charge is 0.257 e. The lowest BCUT2D eigenvalue weighted by Gasteiger charge is -2.29. The molecule has 1 fully saturated rings. The zero-order chi connectivity index (χ0) is 12.5. The Morgan fingerprint density at radius 3 is 2.89 bits per heavy atom. The molecule has 94 valence electrons. The van der Waals surface area contributed by atoms with Gasteiger partial charge in [-0.15, -0.1) is 11.6 Å². The van der Waals surface area contributed by atoms with Crippen LogP contribution in [0.25, 0.3) is 5.52 Å². The molecular formula is C12H13ClN4O. The first-order chi connectivity index (χ1) is 8.75. The summed E-state index contributed by atoms with van der Waals surface area (Å²) in [5.74, 6) is 0.0153. The normalized spacial score (nSPS) is 17.3. The van der Waals surface area contributed by atoms with E-state index in [1.807, 2.05) is 4.90 Å². The molecule has 0 N–H and O–H groups in total. The van der Waals surface area contributed by atoms with Gasteiger partial charge in [-0.05, 0) is 12.8 Å². The van der Waals surface area contributed by atoms with Gasteiger partial charge in [0.1, 0.15) is 0 Å². The molecule has 0 aromatic carbocycles. The lowest BCUT2D eigenvalue weighted by atomic mass is 10.1. The molecule has 0 bridgehead atoms. The predicted octanol–water partition coefficient (Wildman–Crippen LogP) is 1.57. The number of piperidine rings is 1. The van der Waals surface area contributed by atoms with Crippen LogP contribution in [-0.4, -0.2) is 43.9 Å². The van der Waals surface area contributed by atoms with Crippen LogP contribution < -0.4 is 0 Å². The summed E-state index contributed by atoms with van der Waals surface area (Å²) in [6.07, 6.45) is 8.35. The lowest BCUT2D eigenvalue weighted by Crippen LogP contribution is -2.38. The summed E-state index contributed by atoms with van der Waals surface area (Å²) < 4.78 is 1.66. The highest BCUT2D eigenvalue weighted by molar-refractivity contribution is 6.20. The fourth-order valence-corrected chi connectivity index (χ4v) is 2.42. The molecule has 1 aliphatic heterocycles. The summed E-state index contributed by atoms with van der Waals surface area (Å²) in [5.41, 5.74) is 1.35. The number of carbonyl (C=O) groups is 1. The van der Waals surface area contributed by atoms with Crippen molar-refractivity contribution >= 4 is 23.0 Å². The minimum Gasteiger partial charge on any atom is -0.338 e. The summed E-state index contributed by atoms with van der Waals surface area (Å²) in [7, 11) is 0. The predicted molar refractivity (Wildman–Crippen MR) is 67.8 cm³/mol. The fraction of sp³-hybridized carbons (Fsp3) is 0.417. The van der Waals surface area contributed by atoms with E-state index in [0.717, 1.165) is 18.4 Å². The molecule has 0 atom stereocenters. The van der Waals surface area contributed by atoms with Crippen LogP contribution in [0.15, 0.2) is 24.8 Å². The van der Waals surface area contributed by atoms with E-state index >= 15 is 0 Å². The fourth-order valence-electron chi connectivity index (χ4n) is 2.22. The number of halogens is 1. The number of aromatic nitrogens is 3. The summed E-state index contributed by atoms with van der Waals surface area (Å²) in [6.45, 7) is 1.43. The molecule has 0 aliphatic carbocycles. The van der Waals surface area contributed by atoms with Gasteiger partial charge in [0.05, 0.1) is 23.5 Å². The van der Waals surface area contributed by atoms with Crippen LogP contribution in [0.5, 0.6) is 0 Å². The molecule has 0 radical (unpaired) electrons. The molecule has 3 rings (SSSR count). The second-order valence-electron chi connectivity index (χ2n) is 4.43. The van der Waals surface area contributed by atoms with Gasteiger partial charge in [0.25, 0.3) is 5.91 Å². The molecule has 1 saturated heterocycles. The summed E-state index contributed by atoms with van der Waals surface area (Å²) in [6, 6.07) is 0. The molecule has 2 aromatic rings. The average molecular weight is 265 g/mol. The van der Waals surface area contributed by atoms with Crippen LogP contribution in [0.2, 0.25) is 0 Å². The van der Waals surface area contributed by atoms with Gasteiger partial charge in [-0.3, -0.25) is 9.78 Å². The molecule has 18 heavy (non-hydrogen) atoms. The maximum Gasteiger partial charge on any atom is 0.257 e. The maximum absolute atomic E-state index is 12.4. The van der Waals surface area contributed by atoms with Gasteiger partial charge in [0, 0.05) is 30.9 Å². The number of hydrogen-bond acceptors (Lipinski definition) is 3. The van der Waals surface area contributed by atoms with Gasteiger partial charge in [-0.2, -0.15) is 5.10 Å². The van der Waals surface area contributed by atoms with Crippen molar-refractivity contribution in [3.63, 3.8) is 0 Å². The van der Waals surface area contributed by atoms with Gasteiger partial charge in [-0.25, -0.2) is 4.52 Å². The van der Waals surface area contributed by atoms with Crippen molar-refractivity contribution in [2.24, 2.45) is 0 Å². The van der Waals surface area contributed by atoms with Crippen LogP contribution in [0.4, 0.5) is 0 Å². The van der Waals surface area contributed by atoms with E-state index in [1.54, 1.807) is 29.3 Å². The first-order valence-electron chi connectivity index (χ1n) is 5.96. The van der Waals surface area contributed by atoms with Crippen molar-refractivity contribution < 1.29 is 4.79 Å². The number of fused-ring (bicyclic) bond motifs is 1. The van der Waals surface area contributed by atoms with E-state index in [1.165, 1.54) is 0 Å². The monoisotopic (exact) mass is 264 g/mol. The Morgan fingerprint density at radius 1 is 1.33 bits per heavy atom. The Hall–Kier alpha value is -1.62. The van der Waals surface area contributed by atoms with Crippen molar-refractivity contribution in [3.8, 4) is 0 Å². The first kappa shape index (κ1) is 11.5. The highest BCUT2D eigenvalue weighted by atomic mass is 35.5. The number of alkyl halides is 1. The number of carbonyl (C=O) groups excluding carboxylic acids is 1. The molecule has 0 unspecified atom stereocenters. The van der Waals surface area contributed by atoms with Crippen molar-refractivity contribution in [1.82, 2.24) is 19.5 Å². The van der Waals surface area contributed by atoms with E-state index in [0.29, 0.717) is 18.7 Å². The second-order valence-corrected chi connectivity index (χ2v) is 5.05. The minimum absolute atomic E-state index is 0.0153. The Bertz CT molecular complexity index is 574. The van der Waals surface area contributed by atoms with Crippen molar-refractivity contribution in [3.05, 3.63) is 30.4 Å². The topological polar surface area (TPSA) is 50.5 Å². The first-order valence-corrected chi connectivity index (χ1v) is 6.40. The van der Waals surface area contributed by atoms with E-state index in [-0.39, 0.29) is 11.3 Å². The highest BCUT2D eigenvalue weighted by Crippen LogP contribution is 2.19. The molecule has 0 spiro atoms. The number of likely N-dealkylation sites (tertiary alicyclic amines) is 1. The zero-order valence-electron chi connectivity index (χ0n) is 9.79. The van der Waals surface area contributed by atoms with E-state index in [9.17, 15) is 4.79 Å². The van der Waals surface area contributed by atoms with E-state index in [4.69, 9.17) is 11.6 Å². The number of rotatable bonds is 1. The SMILES string of the molecule is O=C(c1cnn2ccncc12)N1CCC(Cl)CC1. The van der Waals surface area contributed by atoms with Crippen molar-refractivity contribution in [2.45, 2.75) is 18.2 Å². The molecule has 6 heteroatoms. The summed E-state index contributed by atoms with van der Waals surface area (Å²) in [4.78, 5) is 18.3. The van der Waals surface area contributed by atoms with Crippen molar-refractivity contribution in [1.29, 1.82) is 0 Å². The molecule has 1 aliphatic rings. The van der Waals surface area contributed by atoms with E-state index in [2.05, 4.69) is 10.1 Å². The highest BCUT2D eigenvalue weighted by Gasteiger charge is 2.24. The Labute approximate surface area is 109 Å². The van der Waals surface area contributed by atoms with Gasteiger partial charge < -0.3 is 4.90 Å². The van der Waals surface area contributed by atoms with Crippen molar-refractivity contribution in [2.75, 3.05) is 13.1 Å². The van der Waals surface area contributed by atoms with Crippen LogP contribution in [-0.2, 0) is 0 Å². The number of hydrogen-bond donors (Lipinski definition) is 0. The number of amides is 1. The standard InChI is InChI=1S/C12H13ClN4O/c13-9-1-4-16(5-2-9)12(18)10-7-15-17-6-3-14-8-11(10)17/h3,6-9H,1-2,4-5H2. The van der Waals surface area contributed by atoms with Gasteiger partial charge >= 0.3 is 0 Å². The third kappa shape index (κ3) is 1.95. The third-order valence-electron chi connectivity index (χ3n) is 3.27. The Morgan fingerprint density at radius 2 is 2.11 bits per heavy atom. The molecule has 1 amide bonds. The average Bonchev–Trinajstić information content (AvgIpc) is 2.82.